The highest BCUT2D eigenvalue weighted by molar-refractivity contribution is 5.91. The van der Waals surface area contributed by atoms with E-state index in [4.69, 9.17) is 9.15 Å². The Balaban J connectivity index is 0.00000225. The summed E-state index contributed by atoms with van der Waals surface area (Å²) in [5.41, 5.74) is 1.14. The molecule has 0 atom stereocenters. The number of halogens is 1. The molecule has 0 unspecified atom stereocenters. The highest BCUT2D eigenvalue weighted by atomic mass is 35.5. The summed E-state index contributed by atoms with van der Waals surface area (Å²) in [5, 5.41) is 2.89. The van der Waals surface area contributed by atoms with Gasteiger partial charge in [-0.15, -0.1) is 12.4 Å². The van der Waals surface area contributed by atoms with Gasteiger partial charge in [-0.3, -0.25) is 9.69 Å². The predicted molar refractivity (Wildman–Crippen MR) is 99.9 cm³/mol. The van der Waals surface area contributed by atoms with Gasteiger partial charge in [-0.25, -0.2) is 0 Å². The molecule has 1 aliphatic rings. The monoisotopic (exact) mass is 365 g/mol. The molecular formula is C18H24ClN3O3. The van der Waals surface area contributed by atoms with Crippen molar-refractivity contribution in [2.45, 2.75) is 0 Å². The molecule has 0 aliphatic carbocycles. The fourth-order valence-corrected chi connectivity index (χ4v) is 2.93. The summed E-state index contributed by atoms with van der Waals surface area (Å²) in [6, 6.07) is 11.5. The number of para-hydroxylation sites is 2. The number of methoxy groups -OCH3 is 1. The van der Waals surface area contributed by atoms with E-state index >= 15 is 0 Å². The van der Waals surface area contributed by atoms with Gasteiger partial charge >= 0.3 is 0 Å². The zero-order chi connectivity index (χ0) is 16.8. The molecule has 1 aromatic heterocycles. The molecule has 2 aromatic rings. The van der Waals surface area contributed by atoms with Crippen LogP contribution in [0, 0.1) is 0 Å². The highest BCUT2D eigenvalue weighted by Gasteiger charge is 2.19. The lowest BCUT2D eigenvalue weighted by molar-refractivity contribution is 0.0920. The number of anilines is 1. The molecule has 7 heteroatoms. The number of carbonyl (C=O) groups is 1. The number of nitrogens with one attached hydrogen (secondary N) is 1. The third kappa shape index (κ3) is 4.90. The molecule has 1 aromatic carbocycles. The lowest BCUT2D eigenvalue weighted by Gasteiger charge is -2.36. The summed E-state index contributed by atoms with van der Waals surface area (Å²) >= 11 is 0. The largest absolute Gasteiger partial charge is 0.495 e. The Kier molecular flexibility index (Phi) is 7.16. The smallest absolute Gasteiger partial charge is 0.287 e. The Morgan fingerprint density at radius 3 is 2.60 bits per heavy atom. The van der Waals surface area contributed by atoms with E-state index in [1.54, 1.807) is 19.2 Å². The van der Waals surface area contributed by atoms with Gasteiger partial charge in [-0.2, -0.15) is 0 Å². The molecule has 0 saturated carbocycles. The average Bonchev–Trinajstić information content (AvgIpc) is 3.17. The van der Waals surface area contributed by atoms with E-state index < -0.39 is 0 Å². The van der Waals surface area contributed by atoms with Crippen LogP contribution in [0.15, 0.2) is 47.1 Å². The van der Waals surface area contributed by atoms with Crippen molar-refractivity contribution >= 4 is 24.0 Å². The number of ether oxygens (including phenoxy) is 1. The van der Waals surface area contributed by atoms with Gasteiger partial charge in [0, 0.05) is 39.3 Å². The summed E-state index contributed by atoms with van der Waals surface area (Å²) in [6.07, 6.45) is 1.51. The van der Waals surface area contributed by atoms with Gasteiger partial charge in [0.25, 0.3) is 5.91 Å². The predicted octanol–water partition coefficient (Wildman–Crippen LogP) is 2.26. The standard InChI is InChI=1S/C18H23N3O3.ClH/c1-23-16-6-3-2-5-15(16)21-12-10-20(11-13-21)9-8-19-18(22)17-7-4-14-24-17;/h2-7,14H,8-13H2,1H3,(H,19,22);1H. The van der Waals surface area contributed by atoms with Gasteiger partial charge in [0.1, 0.15) is 5.75 Å². The molecule has 136 valence electrons. The summed E-state index contributed by atoms with van der Waals surface area (Å²) in [5.74, 6) is 1.11. The quantitative estimate of drug-likeness (QED) is 0.851. The number of furan rings is 1. The zero-order valence-corrected chi connectivity index (χ0v) is 15.1. The van der Waals surface area contributed by atoms with Gasteiger partial charge in [0.15, 0.2) is 5.76 Å². The molecule has 25 heavy (non-hydrogen) atoms. The van der Waals surface area contributed by atoms with Gasteiger partial charge in [0.05, 0.1) is 19.1 Å². The average molecular weight is 366 g/mol. The van der Waals surface area contributed by atoms with Crippen molar-refractivity contribution in [3.63, 3.8) is 0 Å². The minimum atomic E-state index is -0.160. The minimum Gasteiger partial charge on any atom is -0.495 e. The molecule has 0 bridgehead atoms. The molecule has 0 radical (unpaired) electrons. The van der Waals surface area contributed by atoms with E-state index in [-0.39, 0.29) is 18.3 Å². The first-order valence-electron chi connectivity index (χ1n) is 8.20. The van der Waals surface area contributed by atoms with Gasteiger partial charge in [0.2, 0.25) is 0 Å². The normalized spacial score (nSPS) is 14.7. The molecule has 3 rings (SSSR count). The Bertz CT molecular complexity index is 655. The molecule has 1 amide bonds. The maximum Gasteiger partial charge on any atom is 0.287 e. The number of nitrogens with zero attached hydrogens (tertiary/aromatic N) is 2. The van der Waals surface area contributed by atoms with Crippen molar-refractivity contribution in [3.05, 3.63) is 48.4 Å². The Hall–Kier alpha value is -2.18. The molecule has 1 saturated heterocycles. The first-order valence-corrected chi connectivity index (χ1v) is 8.20. The number of amides is 1. The molecule has 1 aliphatic heterocycles. The van der Waals surface area contributed by atoms with Crippen molar-refractivity contribution in [2.24, 2.45) is 0 Å². The molecule has 1 N–H and O–H groups in total. The van der Waals surface area contributed by atoms with E-state index in [2.05, 4.69) is 21.2 Å². The Labute approximate surface area is 154 Å². The van der Waals surface area contributed by atoms with Crippen LogP contribution in [-0.4, -0.2) is 57.2 Å². The van der Waals surface area contributed by atoms with Crippen LogP contribution < -0.4 is 15.0 Å². The fourth-order valence-electron chi connectivity index (χ4n) is 2.93. The van der Waals surface area contributed by atoms with E-state index in [9.17, 15) is 4.79 Å². The lowest BCUT2D eigenvalue weighted by Crippen LogP contribution is -2.48. The van der Waals surface area contributed by atoms with Gasteiger partial charge < -0.3 is 19.4 Å². The van der Waals surface area contributed by atoms with Crippen molar-refractivity contribution in [2.75, 3.05) is 51.3 Å². The van der Waals surface area contributed by atoms with Crippen LogP contribution in [0.1, 0.15) is 10.6 Å². The van der Waals surface area contributed by atoms with E-state index in [1.165, 1.54) is 6.26 Å². The van der Waals surface area contributed by atoms with Crippen LogP contribution >= 0.6 is 12.4 Å². The molecule has 0 spiro atoms. The first kappa shape index (κ1) is 19.1. The van der Waals surface area contributed by atoms with Crippen molar-refractivity contribution in [3.8, 4) is 5.75 Å². The maximum atomic E-state index is 11.8. The fraction of sp³-hybridized carbons (Fsp3) is 0.389. The van der Waals surface area contributed by atoms with Crippen LogP contribution in [0.5, 0.6) is 5.75 Å². The van der Waals surface area contributed by atoms with Crippen LogP contribution in [0.25, 0.3) is 0 Å². The van der Waals surface area contributed by atoms with Gasteiger partial charge in [-0.05, 0) is 24.3 Å². The third-order valence-electron chi connectivity index (χ3n) is 4.26. The van der Waals surface area contributed by atoms with Crippen molar-refractivity contribution in [1.82, 2.24) is 10.2 Å². The number of benzene rings is 1. The van der Waals surface area contributed by atoms with E-state index in [0.717, 1.165) is 44.2 Å². The third-order valence-corrected chi connectivity index (χ3v) is 4.26. The Morgan fingerprint density at radius 2 is 1.92 bits per heavy atom. The highest BCUT2D eigenvalue weighted by Crippen LogP contribution is 2.28. The van der Waals surface area contributed by atoms with Crippen LogP contribution in [0.2, 0.25) is 0 Å². The second-order valence-electron chi connectivity index (χ2n) is 5.73. The Morgan fingerprint density at radius 1 is 1.16 bits per heavy atom. The topological polar surface area (TPSA) is 58.0 Å². The second-order valence-corrected chi connectivity index (χ2v) is 5.73. The minimum absolute atomic E-state index is 0. The van der Waals surface area contributed by atoms with E-state index in [0.29, 0.717) is 12.3 Å². The summed E-state index contributed by atoms with van der Waals surface area (Å²) in [7, 11) is 1.71. The number of rotatable bonds is 6. The van der Waals surface area contributed by atoms with Crippen LogP contribution in [0.4, 0.5) is 5.69 Å². The molecule has 1 fully saturated rings. The maximum absolute atomic E-state index is 11.8. The number of hydrogen-bond donors (Lipinski definition) is 1. The molecular weight excluding hydrogens is 342 g/mol. The summed E-state index contributed by atoms with van der Waals surface area (Å²) < 4.78 is 10.5. The van der Waals surface area contributed by atoms with Crippen LogP contribution in [0.3, 0.4) is 0 Å². The SMILES string of the molecule is COc1ccccc1N1CCN(CCNC(=O)c2ccco2)CC1.Cl. The zero-order valence-electron chi connectivity index (χ0n) is 14.3. The number of piperazine rings is 1. The van der Waals surface area contributed by atoms with Crippen LogP contribution in [-0.2, 0) is 0 Å². The van der Waals surface area contributed by atoms with E-state index in [1.807, 2.05) is 18.2 Å². The van der Waals surface area contributed by atoms with Crippen molar-refractivity contribution < 1.29 is 13.9 Å². The summed E-state index contributed by atoms with van der Waals surface area (Å²) in [4.78, 5) is 16.5. The summed E-state index contributed by atoms with van der Waals surface area (Å²) in [6.45, 7) is 5.29. The number of carbonyl (C=O) groups excluding carboxylic acids is 1. The molecule has 2 heterocycles. The first-order chi connectivity index (χ1) is 11.8. The van der Waals surface area contributed by atoms with Gasteiger partial charge in [-0.1, -0.05) is 12.1 Å². The molecule has 6 nitrogen and oxygen atoms in total. The number of hydrogen-bond acceptors (Lipinski definition) is 5. The van der Waals surface area contributed by atoms with Crippen molar-refractivity contribution in [1.29, 1.82) is 0 Å². The lowest BCUT2D eigenvalue weighted by atomic mass is 10.2. The second kappa shape index (κ2) is 9.34.